The second-order valence-corrected chi connectivity index (χ2v) is 13.3. The number of alkyl halides is 3. The minimum atomic E-state index is -4.38. The van der Waals surface area contributed by atoms with Crippen LogP contribution < -0.4 is 0 Å². The van der Waals surface area contributed by atoms with E-state index in [4.69, 9.17) is 0 Å². The number of likely N-dealkylation sites (tertiary alicyclic amines) is 1. The predicted octanol–water partition coefficient (Wildman–Crippen LogP) is 7.50. The second-order valence-electron chi connectivity index (χ2n) is 13.3. The molecule has 0 spiro atoms. The minimum absolute atomic E-state index is 0.00437. The number of aromatic nitrogens is 2. The SMILES string of the molecule is O=C(C1CCCC1)N1CCC(CCN2[C@H]3CCC[C@@]2(n2cnc4cc(C(F)(F)F)ccc42)CC3)(c2ccccc2)CC1. The van der Waals surface area contributed by atoms with Gasteiger partial charge in [0.05, 0.1) is 28.6 Å². The van der Waals surface area contributed by atoms with Crippen molar-refractivity contribution in [2.45, 2.75) is 100 Å². The molecule has 5 nitrogen and oxygen atoms in total. The topological polar surface area (TPSA) is 41.4 Å². The van der Waals surface area contributed by atoms with E-state index < -0.39 is 11.7 Å². The van der Waals surface area contributed by atoms with Gasteiger partial charge in [-0.2, -0.15) is 13.2 Å². The molecule has 3 saturated heterocycles. The molecule has 4 heterocycles. The van der Waals surface area contributed by atoms with E-state index in [1.165, 1.54) is 30.5 Å². The fraction of sp³-hybridized carbons (Fsp3) is 0.588. The molecule has 7 rings (SSSR count). The van der Waals surface area contributed by atoms with E-state index in [0.717, 1.165) is 89.4 Å². The Morgan fingerprint density at radius 3 is 2.40 bits per heavy atom. The highest BCUT2D eigenvalue weighted by molar-refractivity contribution is 5.79. The first-order valence-electron chi connectivity index (χ1n) is 16.0. The van der Waals surface area contributed by atoms with Gasteiger partial charge in [0.25, 0.3) is 0 Å². The molecule has 0 unspecified atom stereocenters. The Bertz CT molecular complexity index is 1420. The first-order valence-corrected chi connectivity index (χ1v) is 16.0. The van der Waals surface area contributed by atoms with Crippen molar-refractivity contribution in [2.75, 3.05) is 19.6 Å². The molecule has 3 aliphatic heterocycles. The van der Waals surface area contributed by atoms with Crippen LogP contribution in [0.3, 0.4) is 0 Å². The number of piperidine rings is 2. The lowest BCUT2D eigenvalue weighted by molar-refractivity contribution is -0.138. The van der Waals surface area contributed by atoms with Crippen LogP contribution in [-0.4, -0.2) is 50.9 Å². The highest BCUT2D eigenvalue weighted by Gasteiger charge is 2.51. The number of hydrogen-bond acceptors (Lipinski definition) is 3. The lowest BCUT2D eigenvalue weighted by Gasteiger charge is -2.49. The molecule has 1 aliphatic carbocycles. The Hall–Kier alpha value is -2.87. The normalized spacial score (nSPS) is 26.7. The standard InChI is InChI=1S/C34H41F3N4O/c35-34(36,37)27-12-13-30-29(23-27)38-24-41(30)33-15-6-11-28(14-16-33)40(33)22-19-32(26-9-2-1-3-10-26)17-20-39(21-18-32)31(42)25-7-4-5-8-25/h1-3,9-10,12-13,23-25,28H,4-8,11,14-22H2/t28-,33+/m0/s1. The monoisotopic (exact) mass is 578 g/mol. The molecule has 42 heavy (non-hydrogen) atoms. The van der Waals surface area contributed by atoms with Crippen LogP contribution in [0.1, 0.15) is 88.2 Å². The van der Waals surface area contributed by atoms with Crippen LogP contribution in [0.5, 0.6) is 0 Å². The van der Waals surface area contributed by atoms with Crippen molar-refractivity contribution in [2.24, 2.45) is 5.92 Å². The Morgan fingerprint density at radius 2 is 1.67 bits per heavy atom. The van der Waals surface area contributed by atoms with Crippen molar-refractivity contribution in [3.63, 3.8) is 0 Å². The summed E-state index contributed by atoms with van der Waals surface area (Å²) in [6.07, 6.45) is 10.1. The zero-order valence-corrected chi connectivity index (χ0v) is 24.3. The van der Waals surface area contributed by atoms with Crippen molar-refractivity contribution < 1.29 is 18.0 Å². The lowest BCUT2D eigenvalue weighted by atomic mass is 9.70. The Labute approximate surface area is 246 Å². The smallest absolute Gasteiger partial charge is 0.342 e. The van der Waals surface area contributed by atoms with E-state index in [1.54, 1.807) is 12.4 Å². The third kappa shape index (κ3) is 4.74. The number of carbonyl (C=O) groups is 1. The number of fused-ring (bicyclic) bond motifs is 3. The molecular weight excluding hydrogens is 537 g/mol. The Morgan fingerprint density at radius 1 is 0.905 bits per heavy atom. The number of benzene rings is 2. The van der Waals surface area contributed by atoms with Crippen LogP contribution in [0.4, 0.5) is 13.2 Å². The highest BCUT2D eigenvalue weighted by Crippen LogP contribution is 2.50. The molecule has 224 valence electrons. The molecule has 1 aromatic heterocycles. The average Bonchev–Trinajstić information content (AvgIpc) is 3.73. The van der Waals surface area contributed by atoms with Crippen LogP contribution in [0.25, 0.3) is 11.0 Å². The van der Waals surface area contributed by atoms with Gasteiger partial charge in [-0.25, -0.2) is 4.98 Å². The number of amides is 1. The molecule has 2 aromatic carbocycles. The summed E-state index contributed by atoms with van der Waals surface area (Å²) in [5.41, 5.74) is 1.66. The summed E-state index contributed by atoms with van der Waals surface area (Å²) in [6.45, 7) is 2.55. The molecule has 1 amide bonds. The van der Waals surface area contributed by atoms with Crippen molar-refractivity contribution >= 4 is 16.9 Å². The van der Waals surface area contributed by atoms with Crippen LogP contribution in [0.2, 0.25) is 0 Å². The van der Waals surface area contributed by atoms with Gasteiger partial charge in [-0.05, 0) is 93.4 Å². The maximum atomic E-state index is 13.4. The quantitative estimate of drug-likeness (QED) is 0.304. The van der Waals surface area contributed by atoms with E-state index in [0.29, 0.717) is 17.5 Å². The van der Waals surface area contributed by atoms with E-state index >= 15 is 0 Å². The van der Waals surface area contributed by atoms with E-state index in [1.807, 2.05) is 0 Å². The molecule has 4 aliphatic rings. The molecule has 2 bridgehead atoms. The molecule has 8 heteroatoms. The fourth-order valence-electron chi connectivity index (χ4n) is 8.91. The van der Waals surface area contributed by atoms with Crippen LogP contribution >= 0.6 is 0 Å². The van der Waals surface area contributed by atoms with Crippen molar-refractivity contribution in [1.82, 2.24) is 19.4 Å². The summed E-state index contributed by atoms with van der Waals surface area (Å²) < 4.78 is 42.5. The number of hydrogen-bond donors (Lipinski definition) is 0. The van der Waals surface area contributed by atoms with Gasteiger partial charge in [-0.15, -0.1) is 0 Å². The van der Waals surface area contributed by atoms with Gasteiger partial charge in [0, 0.05) is 31.6 Å². The van der Waals surface area contributed by atoms with Crippen molar-refractivity contribution in [3.05, 3.63) is 66.0 Å². The Kier molecular flexibility index (Phi) is 7.11. The van der Waals surface area contributed by atoms with E-state index in [2.05, 4.69) is 49.7 Å². The second kappa shape index (κ2) is 10.7. The predicted molar refractivity (Wildman–Crippen MR) is 157 cm³/mol. The van der Waals surface area contributed by atoms with Gasteiger partial charge >= 0.3 is 6.18 Å². The number of rotatable bonds is 6. The van der Waals surface area contributed by atoms with Crippen molar-refractivity contribution in [3.8, 4) is 0 Å². The molecule has 4 fully saturated rings. The van der Waals surface area contributed by atoms with Crippen LogP contribution in [0, 0.1) is 5.92 Å². The van der Waals surface area contributed by atoms with Gasteiger partial charge in [0.2, 0.25) is 5.91 Å². The summed E-state index contributed by atoms with van der Waals surface area (Å²) in [5, 5.41) is 0. The van der Waals surface area contributed by atoms with Gasteiger partial charge < -0.3 is 9.47 Å². The largest absolute Gasteiger partial charge is 0.416 e. The molecule has 3 aromatic rings. The van der Waals surface area contributed by atoms with Gasteiger partial charge in [-0.1, -0.05) is 43.2 Å². The first-order chi connectivity index (χ1) is 20.3. The van der Waals surface area contributed by atoms with Gasteiger partial charge in [0.15, 0.2) is 0 Å². The summed E-state index contributed by atoms with van der Waals surface area (Å²) >= 11 is 0. The highest BCUT2D eigenvalue weighted by atomic mass is 19.4. The summed E-state index contributed by atoms with van der Waals surface area (Å²) in [7, 11) is 0. The molecule has 0 N–H and O–H groups in total. The minimum Gasteiger partial charge on any atom is -0.342 e. The molecular formula is C34H41F3N4O. The van der Waals surface area contributed by atoms with E-state index in [9.17, 15) is 18.0 Å². The third-order valence-corrected chi connectivity index (χ3v) is 11.2. The molecule has 1 saturated carbocycles. The molecule has 2 atom stereocenters. The fourth-order valence-corrected chi connectivity index (χ4v) is 8.91. The van der Waals surface area contributed by atoms with Crippen LogP contribution in [0.15, 0.2) is 54.9 Å². The van der Waals surface area contributed by atoms with Crippen molar-refractivity contribution in [1.29, 1.82) is 0 Å². The van der Waals surface area contributed by atoms with Crippen LogP contribution in [-0.2, 0) is 22.0 Å². The summed E-state index contributed by atoms with van der Waals surface area (Å²) in [5.74, 6) is 0.582. The van der Waals surface area contributed by atoms with Gasteiger partial charge in [-0.3, -0.25) is 9.69 Å². The number of imidazole rings is 1. The third-order valence-electron chi connectivity index (χ3n) is 11.2. The maximum absolute atomic E-state index is 13.4. The maximum Gasteiger partial charge on any atom is 0.416 e. The summed E-state index contributed by atoms with van der Waals surface area (Å²) in [4.78, 5) is 22.5. The number of halogens is 3. The van der Waals surface area contributed by atoms with E-state index in [-0.39, 0.29) is 17.0 Å². The zero-order chi connectivity index (χ0) is 29.0. The Balaban J connectivity index is 1.15. The average molecular weight is 579 g/mol. The number of nitrogens with zero attached hydrogens (tertiary/aromatic N) is 4. The zero-order valence-electron chi connectivity index (χ0n) is 24.3. The number of carbonyl (C=O) groups excluding carboxylic acids is 1. The van der Waals surface area contributed by atoms with Gasteiger partial charge in [0.1, 0.15) is 0 Å². The first kappa shape index (κ1) is 27.9. The molecule has 0 radical (unpaired) electrons. The lowest BCUT2D eigenvalue weighted by Crippen LogP contribution is -2.54. The summed E-state index contributed by atoms with van der Waals surface area (Å²) in [6, 6.07) is 15.3.